The smallest absolute Gasteiger partial charge is 0.431 e. The number of ether oxygens (including phenoxy) is 1. The lowest BCUT2D eigenvalue weighted by Crippen LogP contribution is -2.56. The van der Waals surface area contributed by atoms with Crippen LogP contribution in [0.15, 0.2) is 120 Å². The molecule has 6 aliphatic rings. The zero-order valence-electron chi connectivity index (χ0n) is 52.4. The number of hydrogen-bond acceptors (Lipinski definition) is 10. The van der Waals surface area contributed by atoms with Gasteiger partial charge < -0.3 is 33.1 Å². The molecule has 498 valence electrons. The molecule has 3 fully saturated rings. The number of likely N-dealkylation sites (tertiary alicyclic amines) is 3. The molecule has 6 aliphatic heterocycles. The second kappa shape index (κ2) is 25.2. The van der Waals surface area contributed by atoms with Gasteiger partial charge in [-0.25, -0.2) is 13.1 Å². The summed E-state index contributed by atoms with van der Waals surface area (Å²) in [5.41, 5.74) is 1.30. The van der Waals surface area contributed by atoms with Crippen molar-refractivity contribution < 1.29 is 67.1 Å². The van der Waals surface area contributed by atoms with Crippen molar-refractivity contribution in [2.24, 2.45) is 0 Å². The number of hydrogen-bond donors (Lipinski definition) is 1. The Bertz CT molecular complexity index is 4050. The zero-order valence-corrected chi connectivity index (χ0v) is 53.2. The summed E-state index contributed by atoms with van der Waals surface area (Å²) in [6, 6.07) is 29.2. The molecule has 93 heavy (non-hydrogen) atoms. The van der Waals surface area contributed by atoms with Crippen LogP contribution in [-0.4, -0.2) is 168 Å². The summed E-state index contributed by atoms with van der Waals surface area (Å²) in [7, 11) is 5.08. The van der Waals surface area contributed by atoms with Crippen LogP contribution in [0, 0.1) is 6.92 Å². The topological polar surface area (TPSA) is 154 Å². The van der Waals surface area contributed by atoms with E-state index in [4.69, 9.17) is 4.74 Å². The summed E-state index contributed by atoms with van der Waals surface area (Å²) in [6.45, 7) is 6.86. The number of fused-ring (bicyclic) bond motifs is 7. The molecule has 0 bridgehead atoms. The van der Waals surface area contributed by atoms with Gasteiger partial charge in [0.1, 0.15) is 22.8 Å². The third-order valence-electron chi connectivity index (χ3n) is 20.2. The maximum Gasteiger partial charge on any atom is 0.431 e. The highest BCUT2D eigenvalue weighted by molar-refractivity contribution is 7.89. The summed E-state index contributed by atoms with van der Waals surface area (Å²) < 4.78 is 157. The van der Waals surface area contributed by atoms with Gasteiger partial charge in [0.25, 0.3) is 17.7 Å². The third kappa shape index (κ3) is 12.2. The van der Waals surface area contributed by atoms with Crippen LogP contribution >= 0.6 is 0 Å². The van der Waals surface area contributed by atoms with Crippen LogP contribution in [0.2, 0.25) is 0 Å². The molecule has 0 saturated carbocycles. The number of methoxy groups -OCH3 is 1. The average molecular weight is 1320 g/mol. The predicted molar refractivity (Wildman–Crippen MR) is 329 cm³/mol. The summed E-state index contributed by atoms with van der Waals surface area (Å²) >= 11 is 0. The Morgan fingerprint density at radius 2 is 0.892 bits per heavy atom. The molecular formula is C66H74F9N11O6S. The molecular weight excluding hydrogens is 1250 g/mol. The van der Waals surface area contributed by atoms with Crippen molar-refractivity contribution in [3.05, 3.63) is 172 Å². The molecule has 27 heteroatoms. The molecule has 0 aliphatic carbocycles. The fourth-order valence-electron chi connectivity index (χ4n) is 15.0. The minimum absolute atomic E-state index is 0.0797. The number of nitrogens with zero attached hydrogens (tertiary/aromatic N) is 10. The average Bonchev–Trinajstić information content (AvgIpc) is 1.68. The SMILES string of the molecule is CN1CCn2c(C(F)(F)F)ccc2C12CCN(C(=O)c1cccc3cccnc13)CC2.CNS(=O)(=O)c1ccc(C(=O)N2CCC3(CC2)c2ccc(C(F)(F)F)n2CCN3C)cc1C.COc1ccccc1C(=O)N1CCC2(CC1)c1ccc(C(F)(F)F)n1CCN2C. The molecule has 13 rings (SSSR count). The maximum absolute atomic E-state index is 13.5. The van der Waals surface area contributed by atoms with Crippen molar-refractivity contribution in [3.8, 4) is 5.75 Å². The van der Waals surface area contributed by atoms with E-state index in [1.807, 2.05) is 51.5 Å². The Morgan fingerprint density at radius 3 is 1.30 bits per heavy atom. The van der Waals surface area contributed by atoms with Gasteiger partial charge in [-0.3, -0.25) is 34.1 Å². The number of aromatic nitrogens is 4. The predicted octanol–water partition coefficient (Wildman–Crippen LogP) is 10.5. The van der Waals surface area contributed by atoms with E-state index in [2.05, 4.69) is 24.4 Å². The van der Waals surface area contributed by atoms with Crippen LogP contribution in [-0.2, 0) is 64.8 Å². The molecule has 1 N–H and O–H groups in total. The number of sulfonamides is 1. The van der Waals surface area contributed by atoms with Crippen LogP contribution in [0.5, 0.6) is 5.75 Å². The number of rotatable bonds is 6. The first-order valence-corrected chi connectivity index (χ1v) is 32.3. The number of alkyl halides is 9. The second-order valence-electron chi connectivity index (χ2n) is 24.8. The highest BCUT2D eigenvalue weighted by atomic mass is 32.2. The zero-order chi connectivity index (χ0) is 66.8. The molecule has 0 unspecified atom stereocenters. The number of pyridine rings is 1. The number of benzene rings is 3. The Labute approximate surface area is 533 Å². The Balaban J connectivity index is 0.000000143. The third-order valence-corrected chi connectivity index (χ3v) is 21.8. The number of aryl methyl sites for hydroxylation is 1. The lowest BCUT2D eigenvalue weighted by Gasteiger charge is -2.50. The van der Waals surface area contributed by atoms with E-state index in [1.165, 1.54) is 52.1 Å². The first-order valence-electron chi connectivity index (χ1n) is 30.8. The lowest BCUT2D eigenvalue weighted by molar-refractivity contribution is -0.145. The minimum Gasteiger partial charge on any atom is -0.496 e. The van der Waals surface area contributed by atoms with Crippen LogP contribution < -0.4 is 9.46 Å². The van der Waals surface area contributed by atoms with Crippen molar-refractivity contribution in [3.63, 3.8) is 0 Å². The molecule has 10 heterocycles. The van der Waals surface area contributed by atoms with Crippen LogP contribution in [0.1, 0.15) is 109 Å². The standard InChI is InChI=1S/C23H23F3N4O.C22H27F3N4O3S.C21H24F3N3O2/c1-28-14-15-30-18(7-8-19(30)23(24,25)26)22(28)9-12-29(13-10-22)21(31)17-6-2-4-16-5-3-11-27-20(16)17;1-15-14-16(4-5-17(15)33(31,32)26-2)20(30)28-10-8-21(9-11-28)18-6-7-19(22(23,24)25)29(18)13-12-27(21)3;1-25-13-14-27-17(7-8-18(27)21(22,23)24)20(25)9-11-26(12-10-20)19(28)15-5-3-4-6-16(15)29-2/h2-8,11H,9-10,12-15H2,1H3;4-7,14,26H,8-13H2,1-3H3;3-8H,9-14H2,1-2H3. The van der Waals surface area contributed by atoms with Crippen molar-refractivity contribution >= 4 is 38.6 Å². The van der Waals surface area contributed by atoms with Gasteiger partial charge in [0.2, 0.25) is 10.0 Å². The molecule has 3 aromatic carbocycles. The molecule has 0 radical (unpaired) electrons. The number of halogens is 9. The molecule has 0 atom stereocenters. The highest BCUT2D eigenvalue weighted by Gasteiger charge is 2.51. The maximum atomic E-state index is 13.5. The Kier molecular flexibility index (Phi) is 18.1. The summed E-state index contributed by atoms with van der Waals surface area (Å²) in [4.78, 5) is 55.5. The van der Waals surface area contributed by atoms with Gasteiger partial charge >= 0.3 is 18.5 Å². The largest absolute Gasteiger partial charge is 0.496 e. The van der Waals surface area contributed by atoms with Gasteiger partial charge in [0.05, 0.1) is 45.3 Å². The van der Waals surface area contributed by atoms with Gasteiger partial charge in [-0.05, 0) is 158 Å². The number of piperidine rings is 3. The van der Waals surface area contributed by atoms with Gasteiger partial charge in [0.15, 0.2) is 0 Å². The fraction of sp³-hybridized carbons (Fsp3) is 0.455. The number of carbonyl (C=O) groups is 3. The van der Waals surface area contributed by atoms with E-state index in [0.29, 0.717) is 161 Å². The van der Waals surface area contributed by atoms with E-state index in [9.17, 15) is 62.3 Å². The minimum atomic E-state index is -4.41. The van der Waals surface area contributed by atoms with Gasteiger partial charge in [-0.2, -0.15) is 39.5 Å². The molecule has 3 amide bonds. The summed E-state index contributed by atoms with van der Waals surface area (Å²) in [5, 5.41) is 0.909. The van der Waals surface area contributed by atoms with E-state index >= 15 is 0 Å². The highest BCUT2D eigenvalue weighted by Crippen LogP contribution is 2.48. The van der Waals surface area contributed by atoms with E-state index in [-0.39, 0.29) is 29.2 Å². The van der Waals surface area contributed by atoms with E-state index in [1.54, 1.807) is 76.4 Å². The summed E-state index contributed by atoms with van der Waals surface area (Å²) in [5.74, 6) is 0.119. The van der Waals surface area contributed by atoms with Crippen LogP contribution in [0.3, 0.4) is 0 Å². The second-order valence-corrected chi connectivity index (χ2v) is 26.6. The van der Waals surface area contributed by atoms with Crippen LogP contribution in [0.4, 0.5) is 39.5 Å². The number of para-hydroxylation sites is 2. The van der Waals surface area contributed by atoms with E-state index < -0.39 is 62.3 Å². The van der Waals surface area contributed by atoms with Gasteiger partial charge in [-0.1, -0.05) is 30.3 Å². The monoisotopic (exact) mass is 1320 g/mol. The Morgan fingerprint density at radius 1 is 0.495 bits per heavy atom. The van der Waals surface area contributed by atoms with Gasteiger partial charge in [0, 0.05) is 113 Å². The van der Waals surface area contributed by atoms with Crippen molar-refractivity contribution in [2.75, 3.05) is 94.2 Å². The normalized spacial score (nSPS) is 19.1. The molecule has 7 aromatic rings. The van der Waals surface area contributed by atoms with Crippen molar-refractivity contribution in [1.82, 2.24) is 52.8 Å². The quantitative estimate of drug-likeness (QED) is 0.159. The molecule has 3 saturated heterocycles. The molecule has 3 spiro atoms. The number of likely N-dealkylation sites (N-methyl/N-ethyl adjacent to an activating group) is 3. The first-order chi connectivity index (χ1) is 44.0. The molecule has 4 aromatic heterocycles. The van der Waals surface area contributed by atoms with Crippen molar-refractivity contribution in [1.29, 1.82) is 0 Å². The Hall–Kier alpha value is -7.72. The number of amides is 3. The molecule has 17 nitrogen and oxygen atoms in total. The first kappa shape index (κ1) is 66.7. The summed E-state index contributed by atoms with van der Waals surface area (Å²) in [6.07, 6.45) is -8.07. The number of nitrogens with one attached hydrogen (secondary N) is 1. The van der Waals surface area contributed by atoms with E-state index in [0.717, 1.165) is 11.5 Å². The van der Waals surface area contributed by atoms with Crippen molar-refractivity contribution in [2.45, 2.75) is 105 Å². The van der Waals surface area contributed by atoms with Crippen LogP contribution in [0.25, 0.3) is 10.9 Å². The number of carbonyl (C=O) groups excluding carboxylic acids is 3. The van der Waals surface area contributed by atoms with Gasteiger partial charge in [-0.15, -0.1) is 0 Å². The fourth-order valence-corrected chi connectivity index (χ4v) is 16.0. The lowest BCUT2D eigenvalue weighted by atomic mass is 9.81.